The summed E-state index contributed by atoms with van der Waals surface area (Å²) in [6.07, 6.45) is 0. The molecule has 0 aliphatic carbocycles. The second-order valence-electron chi connectivity index (χ2n) is 4.27. The Kier molecular flexibility index (Phi) is 4.69. The molecule has 0 saturated heterocycles. The van der Waals surface area contributed by atoms with Gasteiger partial charge in [-0.1, -0.05) is 58.4 Å². The van der Waals surface area contributed by atoms with E-state index in [-0.39, 0.29) is 0 Å². The van der Waals surface area contributed by atoms with Crippen LogP contribution in [-0.4, -0.2) is 11.8 Å². The minimum Gasteiger partial charge on any atom is -0.420 e. The molecule has 0 bridgehead atoms. The van der Waals surface area contributed by atoms with E-state index in [2.05, 4.69) is 15.9 Å². The van der Waals surface area contributed by atoms with E-state index in [9.17, 15) is 9.59 Å². The van der Waals surface area contributed by atoms with Crippen molar-refractivity contribution in [1.29, 1.82) is 0 Å². The van der Waals surface area contributed by atoms with Gasteiger partial charge in [0.25, 0.3) is 0 Å². The maximum atomic E-state index is 11.4. The monoisotopic (exact) mass is 332 g/mol. The first-order valence-corrected chi connectivity index (χ1v) is 7.21. The average molecular weight is 333 g/mol. The van der Waals surface area contributed by atoms with Crippen LogP contribution in [0.2, 0.25) is 0 Å². The third kappa shape index (κ3) is 3.33. The van der Waals surface area contributed by atoms with Crippen LogP contribution in [0.15, 0.2) is 48.5 Å². The van der Waals surface area contributed by atoms with Crippen molar-refractivity contribution in [2.45, 2.75) is 12.3 Å². The summed E-state index contributed by atoms with van der Waals surface area (Å²) in [6.45, 7) is 1.19. The molecular weight excluding hydrogens is 320 g/mol. The van der Waals surface area contributed by atoms with E-state index in [4.69, 9.17) is 4.74 Å². The van der Waals surface area contributed by atoms with E-state index in [1.807, 2.05) is 36.4 Å². The van der Waals surface area contributed by atoms with Gasteiger partial charge in [0.05, 0.1) is 0 Å². The van der Waals surface area contributed by atoms with Crippen molar-refractivity contribution in [2.75, 3.05) is 0 Å². The molecule has 0 heterocycles. The van der Waals surface area contributed by atoms with Gasteiger partial charge in [0.1, 0.15) is 5.75 Å². The van der Waals surface area contributed by atoms with Crippen LogP contribution < -0.4 is 4.74 Å². The van der Waals surface area contributed by atoms with Gasteiger partial charge in [-0.3, -0.25) is 4.79 Å². The summed E-state index contributed by atoms with van der Waals surface area (Å²) in [4.78, 5) is 22.4. The molecule has 0 N–H and O–H groups in total. The minimum absolute atomic E-state index is 0.388. The van der Waals surface area contributed by atoms with Gasteiger partial charge in [-0.2, -0.15) is 0 Å². The summed E-state index contributed by atoms with van der Waals surface area (Å²) in [7, 11) is 0. The van der Waals surface area contributed by atoms with Gasteiger partial charge in [0.15, 0.2) is 0 Å². The molecular formula is C16H13BrO3. The summed E-state index contributed by atoms with van der Waals surface area (Å²) < 4.78 is 5.12. The van der Waals surface area contributed by atoms with Gasteiger partial charge in [-0.05, 0) is 17.2 Å². The molecule has 3 nitrogen and oxygen atoms in total. The summed E-state index contributed by atoms with van der Waals surface area (Å²) in [5.41, 5.74) is 2.87. The Morgan fingerprint density at radius 1 is 1.05 bits per heavy atom. The Morgan fingerprint density at radius 3 is 2.30 bits per heavy atom. The maximum Gasteiger partial charge on any atom is 0.379 e. The maximum absolute atomic E-state index is 11.4. The fraction of sp³-hybridized carbons (Fsp3) is 0.125. The van der Waals surface area contributed by atoms with Gasteiger partial charge >= 0.3 is 5.97 Å². The van der Waals surface area contributed by atoms with Crippen LogP contribution in [-0.2, 0) is 14.9 Å². The molecule has 0 aromatic heterocycles. The molecule has 0 spiro atoms. The Hall–Kier alpha value is -1.94. The number of Topliss-reactive ketones (excluding diaryl/α,β-unsaturated/α-hetero) is 1. The zero-order valence-electron chi connectivity index (χ0n) is 10.9. The fourth-order valence-electron chi connectivity index (χ4n) is 1.74. The molecule has 0 aliphatic rings. The molecule has 20 heavy (non-hydrogen) atoms. The second kappa shape index (κ2) is 6.48. The molecule has 4 heteroatoms. The van der Waals surface area contributed by atoms with E-state index < -0.39 is 11.8 Å². The zero-order valence-corrected chi connectivity index (χ0v) is 12.5. The first-order valence-electron chi connectivity index (χ1n) is 6.09. The molecule has 0 amide bonds. The van der Waals surface area contributed by atoms with Crippen LogP contribution in [0.3, 0.4) is 0 Å². The van der Waals surface area contributed by atoms with Gasteiger partial charge in [0.2, 0.25) is 5.78 Å². The third-order valence-electron chi connectivity index (χ3n) is 2.80. The predicted molar refractivity (Wildman–Crippen MR) is 80.8 cm³/mol. The summed E-state index contributed by atoms with van der Waals surface area (Å²) >= 11 is 3.39. The van der Waals surface area contributed by atoms with E-state index in [0.717, 1.165) is 22.0 Å². The highest BCUT2D eigenvalue weighted by Crippen LogP contribution is 2.30. The van der Waals surface area contributed by atoms with E-state index in [1.165, 1.54) is 6.92 Å². The second-order valence-corrected chi connectivity index (χ2v) is 4.83. The SMILES string of the molecule is CC(=O)C(=O)Oc1ccccc1-c1ccc(CBr)cc1. The van der Waals surface area contributed by atoms with E-state index in [1.54, 1.807) is 12.1 Å². The third-order valence-corrected chi connectivity index (χ3v) is 3.44. The number of ether oxygens (including phenoxy) is 1. The number of carbonyl (C=O) groups excluding carboxylic acids is 2. The van der Waals surface area contributed by atoms with Crippen LogP contribution in [0, 0.1) is 0 Å². The highest BCUT2D eigenvalue weighted by Gasteiger charge is 2.13. The average Bonchev–Trinajstić information content (AvgIpc) is 2.48. The topological polar surface area (TPSA) is 43.4 Å². The standard InChI is InChI=1S/C16H13BrO3/c1-11(18)16(19)20-15-5-3-2-4-14(15)13-8-6-12(10-17)7-9-13/h2-9H,10H2,1H3. The van der Waals surface area contributed by atoms with E-state index >= 15 is 0 Å². The Morgan fingerprint density at radius 2 is 1.70 bits per heavy atom. The Labute approximate surface area is 125 Å². The van der Waals surface area contributed by atoms with Gasteiger partial charge in [-0.25, -0.2) is 4.79 Å². The quantitative estimate of drug-likeness (QED) is 0.370. The van der Waals surface area contributed by atoms with E-state index in [0.29, 0.717) is 5.75 Å². The number of halogens is 1. The highest BCUT2D eigenvalue weighted by molar-refractivity contribution is 9.08. The lowest BCUT2D eigenvalue weighted by Gasteiger charge is -2.09. The van der Waals surface area contributed by atoms with Gasteiger partial charge in [-0.15, -0.1) is 0 Å². The molecule has 0 saturated carbocycles. The van der Waals surface area contributed by atoms with Crippen molar-refractivity contribution < 1.29 is 14.3 Å². The number of esters is 1. The number of carbonyl (C=O) groups is 2. The number of rotatable bonds is 4. The lowest BCUT2D eigenvalue weighted by Crippen LogP contribution is -2.17. The van der Waals surface area contributed by atoms with Crippen molar-refractivity contribution in [3.05, 3.63) is 54.1 Å². The Bertz CT molecular complexity index is 632. The van der Waals surface area contributed by atoms with Crippen molar-refractivity contribution in [3.63, 3.8) is 0 Å². The predicted octanol–water partition coefficient (Wildman–Crippen LogP) is 3.74. The molecule has 0 aliphatic heterocycles. The molecule has 102 valence electrons. The lowest BCUT2D eigenvalue weighted by atomic mass is 10.0. The number of benzene rings is 2. The van der Waals surface area contributed by atoms with Crippen molar-refractivity contribution in [2.24, 2.45) is 0 Å². The van der Waals surface area contributed by atoms with Crippen LogP contribution in [0.5, 0.6) is 5.75 Å². The number of hydrogen-bond donors (Lipinski definition) is 0. The first kappa shape index (κ1) is 14.5. The molecule has 0 unspecified atom stereocenters. The van der Waals surface area contributed by atoms with Crippen molar-refractivity contribution in [3.8, 4) is 16.9 Å². The molecule has 0 radical (unpaired) electrons. The number of para-hydroxylation sites is 1. The largest absolute Gasteiger partial charge is 0.420 e. The summed E-state index contributed by atoms with van der Waals surface area (Å²) in [6, 6.07) is 15.0. The molecule has 2 aromatic rings. The summed E-state index contributed by atoms with van der Waals surface area (Å²) in [5.74, 6) is -1.08. The number of hydrogen-bond acceptors (Lipinski definition) is 3. The van der Waals surface area contributed by atoms with Crippen LogP contribution in [0.4, 0.5) is 0 Å². The fourth-order valence-corrected chi connectivity index (χ4v) is 2.11. The first-order chi connectivity index (χ1) is 9.61. The zero-order chi connectivity index (χ0) is 14.5. The lowest BCUT2D eigenvalue weighted by molar-refractivity contribution is -0.146. The number of ketones is 1. The Balaban J connectivity index is 2.35. The van der Waals surface area contributed by atoms with Gasteiger partial charge in [0, 0.05) is 17.8 Å². The highest BCUT2D eigenvalue weighted by atomic mass is 79.9. The van der Waals surface area contributed by atoms with Crippen LogP contribution in [0.25, 0.3) is 11.1 Å². The number of alkyl halides is 1. The minimum atomic E-state index is -0.852. The van der Waals surface area contributed by atoms with Crippen molar-refractivity contribution >= 4 is 27.7 Å². The van der Waals surface area contributed by atoms with Crippen LogP contribution in [0.1, 0.15) is 12.5 Å². The molecule has 2 aromatic carbocycles. The van der Waals surface area contributed by atoms with Crippen molar-refractivity contribution in [1.82, 2.24) is 0 Å². The molecule has 0 atom stereocenters. The van der Waals surface area contributed by atoms with Crippen LogP contribution >= 0.6 is 15.9 Å². The van der Waals surface area contributed by atoms with Gasteiger partial charge < -0.3 is 4.74 Å². The summed E-state index contributed by atoms with van der Waals surface area (Å²) in [5, 5.41) is 0.786. The molecule has 0 fully saturated rings. The smallest absolute Gasteiger partial charge is 0.379 e. The molecule has 2 rings (SSSR count). The normalized spacial score (nSPS) is 10.1.